The first kappa shape index (κ1) is 14.8. The Morgan fingerprint density at radius 1 is 1.26 bits per heavy atom. The molecule has 0 aromatic heterocycles. The van der Waals surface area contributed by atoms with E-state index in [2.05, 4.69) is 24.1 Å². The number of amides is 1. The van der Waals surface area contributed by atoms with Crippen molar-refractivity contribution in [3.63, 3.8) is 0 Å². The summed E-state index contributed by atoms with van der Waals surface area (Å²) in [6.45, 7) is 9.83. The summed E-state index contributed by atoms with van der Waals surface area (Å²) in [5.74, 6) is 0.263. The van der Waals surface area contributed by atoms with Gasteiger partial charge < -0.3 is 15.0 Å². The summed E-state index contributed by atoms with van der Waals surface area (Å²) in [4.78, 5) is 16.6. The van der Waals surface area contributed by atoms with Crippen molar-refractivity contribution in [2.45, 2.75) is 38.8 Å². The van der Waals surface area contributed by atoms with Crippen LogP contribution in [-0.4, -0.2) is 73.7 Å². The first-order chi connectivity index (χ1) is 9.24. The molecule has 110 valence electrons. The second kappa shape index (κ2) is 7.22. The largest absolute Gasteiger partial charge is 0.378 e. The van der Waals surface area contributed by atoms with Gasteiger partial charge in [0, 0.05) is 38.3 Å². The second-order valence-electron chi connectivity index (χ2n) is 5.50. The predicted molar refractivity (Wildman–Crippen MR) is 75.1 cm³/mol. The maximum absolute atomic E-state index is 12.3. The standard InChI is InChI=1S/C14H27N3O2/c1-3-12-10-17(13(4-2)9-15-12)11-14(18)16-5-7-19-8-6-16/h12-13,15H,3-11H2,1-2H3. The number of nitrogens with zero attached hydrogens (tertiary/aromatic N) is 2. The molecule has 2 fully saturated rings. The zero-order chi connectivity index (χ0) is 13.7. The molecule has 0 aliphatic carbocycles. The number of morpholine rings is 1. The van der Waals surface area contributed by atoms with E-state index in [0.717, 1.165) is 39.0 Å². The number of hydrogen-bond acceptors (Lipinski definition) is 4. The number of carbonyl (C=O) groups is 1. The van der Waals surface area contributed by atoms with E-state index in [1.54, 1.807) is 0 Å². The van der Waals surface area contributed by atoms with E-state index < -0.39 is 0 Å². The lowest BCUT2D eigenvalue weighted by Gasteiger charge is -2.40. The van der Waals surface area contributed by atoms with Crippen LogP contribution in [0.2, 0.25) is 0 Å². The number of hydrogen-bond donors (Lipinski definition) is 1. The van der Waals surface area contributed by atoms with Gasteiger partial charge in [-0.2, -0.15) is 0 Å². The van der Waals surface area contributed by atoms with E-state index in [-0.39, 0.29) is 5.91 Å². The first-order valence-electron chi connectivity index (χ1n) is 7.57. The van der Waals surface area contributed by atoms with Crippen LogP contribution < -0.4 is 5.32 Å². The summed E-state index contributed by atoms with van der Waals surface area (Å²) in [6.07, 6.45) is 2.22. The normalized spacial score (nSPS) is 29.5. The minimum atomic E-state index is 0.263. The molecule has 0 aromatic carbocycles. The molecule has 0 aromatic rings. The van der Waals surface area contributed by atoms with E-state index >= 15 is 0 Å². The van der Waals surface area contributed by atoms with Gasteiger partial charge in [-0.1, -0.05) is 13.8 Å². The van der Waals surface area contributed by atoms with Crippen molar-refractivity contribution in [2.24, 2.45) is 0 Å². The highest BCUT2D eigenvalue weighted by Gasteiger charge is 2.29. The maximum Gasteiger partial charge on any atom is 0.236 e. The minimum absolute atomic E-state index is 0.263. The highest BCUT2D eigenvalue weighted by molar-refractivity contribution is 5.78. The summed E-state index contributed by atoms with van der Waals surface area (Å²) in [7, 11) is 0. The summed E-state index contributed by atoms with van der Waals surface area (Å²) in [5, 5.41) is 3.57. The SMILES string of the molecule is CCC1CN(CC(=O)N2CCOCC2)C(CC)CN1. The molecule has 2 saturated heterocycles. The molecule has 0 radical (unpaired) electrons. The molecule has 2 aliphatic heterocycles. The molecule has 1 amide bonds. The van der Waals surface area contributed by atoms with Crippen molar-refractivity contribution in [1.82, 2.24) is 15.1 Å². The molecule has 2 heterocycles. The highest BCUT2D eigenvalue weighted by atomic mass is 16.5. The third kappa shape index (κ3) is 3.91. The van der Waals surface area contributed by atoms with Gasteiger partial charge in [0.1, 0.15) is 0 Å². The van der Waals surface area contributed by atoms with Gasteiger partial charge >= 0.3 is 0 Å². The molecular formula is C14H27N3O2. The van der Waals surface area contributed by atoms with Crippen molar-refractivity contribution in [3.05, 3.63) is 0 Å². The molecule has 0 bridgehead atoms. The number of nitrogens with one attached hydrogen (secondary N) is 1. The number of carbonyl (C=O) groups excluding carboxylic acids is 1. The smallest absolute Gasteiger partial charge is 0.236 e. The topological polar surface area (TPSA) is 44.8 Å². The Hall–Kier alpha value is -0.650. The lowest BCUT2D eigenvalue weighted by Crippen LogP contribution is -2.58. The van der Waals surface area contributed by atoms with Gasteiger partial charge in [0.2, 0.25) is 5.91 Å². The van der Waals surface area contributed by atoms with Gasteiger partial charge in [-0.15, -0.1) is 0 Å². The molecule has 5 heteroatoms. The quantitative estimate of drug-likeness (QED) is 0.798. The Balaban J connectivity index is 1.88. The number of piperazine rings is 1. The van der Waals surface area contributed by atoms with E-state index in [1.807, 2.05) is 4.90 Å². The molecule has 2 unspecified atom stereocenters. The van der Waals surface area contributed by atoms with Crippen LogP contribution in [0.25, 0.3) is 0 Å². The van der Waals surface area contributed by atoms with E-state index in [9.17, 15) is 4.79 Å². The molecule has 2 rings (SSSR count). The average molecular weight is 269 g/mol. The Bertz CT molecular complexity index is 292. The Morgan fingerprint density at radius 2 is 2.00 bits per heavy atom. The fourth-order valence-electron chi connectivity index (χ4n) is 2.88. The van der Waals surface area contributed by atoms with Crippen LogP contribution in [-0.2, 0) is 9.53 Å². The van der Waals surface area contributed by atoms with Crippen molar-refractivity contribution in [1.29, 1.82) is 0 Å². The van der Waals surface area contributed by atoms with Crippen LogP contribution in [0.1, 0.15) is 26.7 Å². The van der Waals surface area contributed by atoms with Crippen LogP contribution in [0, 0.1) is 0 Å². The van der Waals surface area contributed by atoms with Crippen molar-refractivity contribution < 1.29 is 9.53 Å². The molecular weight excluding hydrogens is 242 g/mol. The third-order valence-electron chi connectivity index (χ3n) is 4.28. The van der Waals surface area contributed by atoms with Crippen LogP contribution in [0.3, 0.4) is 0 Å². The Morgan fingerprint density at radius 3 is 2.63 bits per heavy atom. The average Bonchev–Trinajstić information content (AvgIpc) is 2.48. The summed E-state index contributed by atoms with van der Waals surface area (Å²) in [5.41, 5.74) is 0. The second-order valence-corrected chi connectivity index (χ2v) is 5.50. The number of ether oxygens (including phenoxy) is 1. The third-order valence-corrected chi connectivity index (χ3v) is 4.28. The van der Waals surface area contributed by atoms with Gasteiger partial charge in [0.25, 0.3) is 0 Å². The zero-order valence-corrected chi connectivity index (χ0v) is 12.2. The molecule has 5 nitrogen and oxygen atoms in total. The fraction of sp³-hybridized carbons (Fsp3) is 0.929. The van der Waals surface area contributed by atoms with Crippen LogP contribution in [0.5, 0.6) is 0 Å². The van der Waals surface area contributed by atoms with Crippen LogP contribution in [0.4, 0.5) is 0 Å². The Kier molecular flexibility index (Phi) is 5.60. The van der Waals surface area contributed by atoms with E-state index in [4.69, 9.17) is 4.74 Å². The fourth-order valence-corrected chi connectivity index (χ4v) is 2.88. The molecule has 0 saturated carbocycles. The van der Waals surface area contributed by atoms with Gasteiger partial charge in [-0.25, -0.2) is 0 Å². The predicted octanol–water partition coefficient (Wildman–Crippen LogP) is 0.308. The lowest BCUT2D eigenvalue weighted by molar-refractivity contribution is -0.137. The van der Waals surface area contributed by atoms with Gasteiger partial charge in [-0.3, -0.25) is 9.69 Å². The van der Waals surface area contributed by atoms with Crippen molar-refractivity contribution in [2.75, 3.05) is 45.9 Å². The summed E-state index contributed by atoms with van der Waals surface area (Å²) >= 11 is 0. The minimum Gasteiger partial charge on any atom is -0.378 e. The van der Waals surface area contributed by atoms with Crippen molar-refractivity contribution in [3.8, 4) is 0 Å². The maximum atomic E-state index is 12.3. The lowest BCUT2D eigenvalue weighted by atomic mass is 10.1. The molecule has 2 aliphatic rings. The number of rotatable bonds is 4. The molecule has 0 spiro atoms. The molecule has 1 N–H and O–H groups in total. The van der Waals surface area contributed by atoms with Gasteiger partial charge in [0.15, 0.2) is 0 Å². The summed E-state index contributed by atoms with van der Waals surface area (Å²) in [6, 6.07) is 1.02. The van der Waals surface area contributed by atoms with E-state index in [1.165, 1.54) is 0 Å². The monoisotopic (exact) mass is 269 g/mol. The summed E-state index contributed by atoms with van der Waals surface area (Å²) < 4.78 is 5.30. The first-order valence-corrected chi connectivity index (χ1v) is 7.57. The van der Waals surface area contributed by atoms with Crippen molar-refractivity contribution >= 4 is 5.91 Å². The van der Waals surface area contributed by atoms with Crippen LogP contribution >= 0.6 is 0 Å². The molecule has 19 heavy (non-hydrogen) atoms. The highest BCUT2D eigenvalue weighted by Crippen LogP contribution is 2.12. The van der Waals surface area contributed by atoms with E-state index in [0.29, 0.717) is 31.8 Å². The zero-order valence-electron chi connectivity index (χ0n) is 12.2. The molecule has 2 atom stereocenters. The van der Waals surface area contributed by atoms with Gasteiger partial charge in [-0.05, 0) is 12.8 Å². The Labute approximate surface area is 116 Å². The van der Waals surface area contributed by atoms with Gasteiger partial charge in [0.05, 0.1) is 19.8 Å². The van der Waals surface area contributed by atoms with Crippen LogP contribution in [0.15, 0.2) is 0 Å².